The molecule has 8 aromatic carbocycles. The van der Waals surface area contributed by atoms with Gasteiger partial charge in [0.25, 0.3) is 0 Å². The van der Waals surface area contributed by atoms with Gasteiger partial charge in [-0.1, -0.05) is 84.9 Å². The lowest BCUT2D eigenvalue weighted by molar-refractivity contribution is 1.23. The SMILES string of the molecule is c1ccc(N(c2ccc3c(c2)Cc2ccc(N(c4ccccc4)c4ccc5sc6ccccc6c5c4)cc2-3)c2ccc3sc4ccccc4c3c2)cc1. The summed E-state index contributed by atoms with van der Waals surface area (Å²) in [6, 6.07) is 66.9. The molecule has 0 spiro atoms. The summed E-state index contributed by atoms with van der Waals surface area (Å²) >= 11 is 3.72. The molecular formula is C49H32N2S2. The second-order valence-corrected chi connectivity index (χ2v) is 15.9. The van der Waals surface area contributed by atoms with E-state index in [0.717, 1.165) is 29.2 Å². The Morgan fingerprint density at radius 3 is 1.34 bits per heavy atom. The fourth-order valence-corrected chi connectivity index (χ4v) is 10.4. The van der Waals surface area contributed by atoms with Gasteiger partial charge in [0.05, 0.1) is 0 Å². The molecule has 10 aromatic rings. The van der Waals surface area contributed by atoms with Crippen LogP contribution in [0.3, 0.4) is 0 Å². The largest absolute Gasteiger partial charge is 0.310 e. The highest BCUT2D eigenvalue weighted by Crippen LogP contribution is 2.47. The van der Waals surface area contributed by atoms with E-state index in [1.54, 1.807) is 0 Å². The Kier molecular flexibility index (Phi) is 7.00. The molecule has 11 rings (SSSR count). The summed E-state index contributed by atoms with van der Waals surface area (Å²) in [7, 11) is 0. The minimum atomic E-state index is 0.911. The normalized spacial score (nSPS) is 12.1. The summed E-state index contributed by atoms with van der Waals surface area (Å²) in [6.45, 7) is 0. The van der Waals surface area contributed by atoms with Crippen LogP contribution in [0.5, 0.6) is 0 Å². The standard InChI is InChI=1S/C49H32N2S2/c1-3-11-34(12-4-1)50(38-22-25-48-44(30-38)41-15-7-9-17-46(41)52-48)36-21-24-40-33(28-36)27-32-19-20-37(29-43(32)40)51(35-13-5-2-6-14-35)39-23-26-49-45(31-39)42-16-8-10-18-47(42)53-49/h1-26,28-31H,27H2. The minimum Gasteiger partial charge on any atom is -0.310 e. The number of anilines is 6. The fraction of sp³-hybridized carbons (Fsp3) is 0.0204. The molecule has 0 saturated carbocycles. The zero-order valence-corrected chi connectivity index (χ0v) is 30.4. The van der Waals surface area contributed by atoms with E-state index in [-0.39, 0.29) is 0 Å². The Bertz CT molecular complexity index is 3000. The van der Waals surface area contributed by atoms with Crippen LogP contribution in [0.4, 0.5) is 34.1 Å². The third-order valence-electron chi connectivity index (χ3n) is 10.6. The zero-order chi connectivity index (χ0) is 34.9. The quantitative estimate of drug-likeness (QED) is 0.169. The van der Waals surface area contributed by atoms with Gasteiger partial charge in [-0.15, -0.1) is 22.7 Å². The van der Waals surface area contributed by atoms with Crippen molar-refractivity contribution in [2.45, 2.75) is 6.42 Å². The van der Waals surface area contributed by atoms with Gasteiger partial charge in [-0.25, -0.2) is 0 Å². The maximum Gasteiger partial charge on any atom is 0.0468 e. The van der Waals surface area contributed by atoms with Crippen LogP contribution in [0.2, 0.25) is 0 Å². The van der Waals surface area contributed by atoms with Gasteiger partial charge in [-0.2, -0.15) is 0 Å². The summed E-state index contributed by atoms with van der Waals surface area (Å²) in [5, 5.41) is 5.24. The van der Waals surface area contributed by atoms with Crippen molar-refractivity contribution in [2.24, 2.45) is 0 Å². The molecule has 2 nitrogen and oxygen atoms in total. The Labute approximate surface area is 316 Å². The van der Waals surface area contributed by atoms with Crippen LogP contribution in [0.1, 0.15) is 11.1 Å². The predicted octanol–water partition coefficient (Wildman–Crippen LogP) is 14.9. The van der Waals surface area contributed by atoms with Crippen molar-refractivity contribution in [3.8, 4) is 11.1 Å². The Hall–Kier alpha value is -6.20. The molecule has 0 unspecified atom stereocenters. The highest BCUT2D eigenvalue weighted by molar-refractivity contribution is 7.26. The first kappa shape index (κ1) is 30.4. The molecule has 4 heteroatoms. The van der Waals surface area contributed by atoms with Gasteiger partial charge in [0.2, 0.25) is 0 Å². The Balaban J connectivity index is 1.01. The maximum atomic E-state index is 2.41. The molecule has 0 atom stereocenters. The average molecular weight is 713 g/mol. The smallest absolute Gasteiger partial charge is 0.0468 e. The van der Waals surface area contributed by atoms with Gasteiger partial charge >= 0.3 is 0 Å². The summed E-state index contributed by atoms with van der Waals surface area (Å²) in [5.74, 6) is 0. The topological polar surface area (TPSA) is 6.48 Å². The van der Waals surface area contributed by atoms with Gasteiger partial charge in [-0.05, 0) is 126 Å². The number of hydrogen-bond donors (Lipinski definition) is 0. The number of benzene rings is 8. The fourth-order valence-electron chi connectivity index (χ4n) is 8.20. The van der Waals surface area contributed by atoms with Gasteiger partial charge in [-0.3, -0.25) is 0 Å². The summed E-state index contributed by atoms with van der Waals surface area (Å²) in [5.41, 5.74) is 12.3. The van der Waals surface area contributed by atoms with Crippen molar-refractivity contribution in [3.05, 3.63) is 193 Å². The summed E-state index contributed by atoms with van der Waals surface area (Å²) in [6.07, 6.45) is 0.911. The van der Waals surface area contributed by atoms with Gasteiger partial charge in [0.15, 0.2) is 0 Å². The van der Waals surface area contributed by atoms with Crippen molar-refractivity contribution in [3.63, 3.8) is 0 Å². The molecule has 1 aliphatic carbocycles. The minimum absolute atomic E-state index is 0.911. The molecule has 53 heavy (non-hydrogen) atoms. The third kappa shape index (κ3) is 5.06. The molecule has 0 bridgehead atoms. The summed E-state index contributed by atoms with van der Waals surface area (Å²) in [4.78, 5) is 4.81. The van der Waals surface area contributed by atoms with E-state index in [0.29, 0.717) is 0 Å². The lowest BCUT2D eigenvalue weighted by atomic mass is 10.0. The molecule has 250 valence electrons. The molecule has 0 amide bonds. The first-order chi connectivity index (χ1) is 26.2. The highest BCUT2D eigenvalue weighted by atomic mass is 32.1. The van der Waals surface area contributed by atoms with Crippen LogP contribution in [-0.2, 0) is 6.42 Å². The molecule has 0 radical (unpaired) electrons. The molecular weight excluding hydrogens is 681 g/mol. The Morgan fingerprint density at radius 1 is 0.302 bits per heavy atom. The first-order valence-corrected chi connectivity index (χ1v) is 19.7. The molecule has 2 aromatic heterocycles. The van der Waals surface area contributed by atoms with E-state index in [2.05, 4.69) is 192 Å². The number of fused-ring (bicyclic) bond motifs is 9. The number of nitrogens with zero attached hydrogens (tertiary/aromatic N) is 2. The van der Waals surface area contributed by atoms with E-state index in [1.807, 2.05) is 22.7 Å². The molecule has 1 aliphatic rings. The first-order valence-electron chi connectivity index (χ1n) is 18.0. The second-order valence-electron chi connectivity index (χ2n) is 13.8. The van der Waals surface area contributed by atoms with E-state index >= 15 is 0 Å². The van der Waals surface area contributed by atoms with E-state index in [9.17, 15) is 0 Å². The van der Waals surface area contributed by atoms with E-state index in [4.69, 9.17) is 0 Å². The van der Waals surface area contributed by atoms with Crippen LogP contribution < -0.4 is 9.80 Å². The van der Waals surface area contributed by atoms with Gasteiger partial charge < -0.3 is 9.80 Å². The monoisotopic (exact) mass is 712 g/mol. The van der Waals surface area contributed by atoms with E-state index < -0.39 is 0 Å². The molecule has 0 saturated heterocycles. The lowest BCUT2D eigenvalue weighted by Crippen LogP contribution is -2.10. The van der Waals surface area contributed by atoms with Crippen molar-refractivity contribution >= 4 is 97.1 Å². The van der Waals surface area contributed by atoms with Gasteiger partial charge in [0.1, 0.15) is 0 Å². The van der Waals surface area contributed by atoms with Crippen molar-refractivity contribution in [2.75, 3.05) is 9.80 Å². The van der Waals surface area contributed by atoms with Gasteiger partial charge in [0, 0.05) is 74.5 Å². The predicted molar refractivity (Wildman–Crippen MR) is 230 cm³/mol. The molecule has 0 N–H and O–H groups in total. The zero-order valence-electron chi connectivity index (χ0n) is 28.7. The number of hydrogen-bond acceptors (Lipinski definition) is 4. The van der Waals surface area contributed by atoms with Crippen LogP contribution in [-0.4, -0.2) is 0 Å². The molecule has 0 fully saturated rings. The number of rotatable bonds is 6. The van der Waals surface area contributed by atoms with Crippen molar-refractivity contribution in [1.82, 2.24) is 0 Å². The van der Waals surface area contributed by atoms with Crippen molar-refractivity contribution < 1.29 is 0 Å². The van der Waals surface area contributed by atoms with Crippen LogP contribution in [0, 0.1) is 0 Å². The molecule has 0 aliphatic heterocycles. The number of para-hydroxylation sites is 2. The van der Waals surface area contributed by atoms with Crippen LogP contribution in [0.15, 0.2) is 182 Å². The number of thiophene rings is 2. The van der Waals surface area contributed by atoms with E-state index in [1.165, 1.54) is 74.0 Å². The summed E-state index contributed by atoms with van der Waals surface area (Å²) < 4.78 is 5.28. The highest BCUT2D eigenvalue weighted by Gasteiger charge is 2.24. The maximum absolute atomic E-state index is 2.41. The van der Waals surface area contributed by atoms with Crippen molar-refractivity contribution in [1.29, 1.82) is 0 Å². The Morgan fingerprint density at radius 2 is 0.755 bits per heavy atom. The lowest BCUT2D eigenvalue weighted by Gasteiger charge is -2.26. The van der Waals surface area contributed by atoms with Crippen LogP contribution >= 0.6 is 22.7 Å². The second kappa shape index (κ2) is 12.2. The third-order valence-corrected chi connectivity index (χ3v) is 12.9. The molecule has 2 heterocycles. The average Bonchev–Trinajstić information content (AvgIpc) is 3.89. The van der Waals surface area contributed by atoms with Crippen LogP contribution in [0.25, 0.3) is 51.5 Å².